The van der Waals surface area contributed by atoms with Gasteiger partial charge in [-0.3, -0.25) is 14.5 Å². The van der Waals surface area contributed by atoms with Crippen molar-refractivity contribution in [3.63, 3.8) is 0 Å². The van der Waals surface area contributed by atoms with Crippen LogP contribution in [0.3, 0.4) is 0 Å². The van der Waals surface area contributed by atoms with E-state index in [-0.39, 0.29) is 37.5 Å². The van der Waals surface area contributed by atoms with Crippen molar-refractivity contribution in [2.45, 2.75) is 47.2 Å². The summed E-state index contributed by atoms with van der Waals surface area (Å²) in [6.07, 6.45) is 0. The lowest BCUT2D eigenvalue weighted by Gasteiger charge is -2.25. The number of carbonyl (C=O) groups excluding carboxylic acids is 2. The summed E-state index contributed by atoms with van der Waals surface area (Å²) < 4.78 is 20.1. The van der Waals surface area contributed by atoms with Gasteiger partial charge >= 0.3 is 5.97 Å². The van der Waals surface area contributed by atoms with Gasteiger partial charge in [-0.05, 0) is 57.9 Å². The highest BCUT2D eigenvalue weighted by molar-refractivity contribution is 5.93. The number of nitrogens with one attached hydrogen (secondary N) is 1. The number of nitriles is 1. The molecule has 1 aromatic heterocycles. The van der Waals surface area contributed by atoms with E-state index in [0.29, 0.717) is 17.9 Å². The number of esters is 1. The van der Waals surface area contributed by atoms with Gasteiger partial charge < -0.3 is 14.6 Å². The molecule has 0 aliphatic carbocycles. The van der Waals surface area contributed by atoms with Gasteiger partial charge in [0.15, 0.2) is 0 Å². The maximum absolute atomic E-state index is 13.3. The maximum atomic E-state index is 13.3. The highest BCUT2D eigenvalue weighted by Crippen LogP contribution is 2.27. The molecule has 7 nitrogen and oxygen atoms in total. The zero-order valence-corrected chi connectivity index (χ0v) is 18.7. The second-order valence-electron chi connectivity index (χ2n) is 7.61. The second-order valence-corrected chi connectivity index (χ2v) is 7.61. The molecule has 0 atom stereocenters. The molecular formula is C23H29FN4O3. The molecule has 0 bridgehead atoms. The average molecular weight is 429 g/mol. The summed E-state index contributed by atoms with van der Waals surface area (Å²) in [7, 11) is 0. The van der Waals surface area contributed by atoms with Crippen molar-refractivity contribution in [3.8, 4) is 6.07 Å². The Bertz CT molecular complexity index is 974. The summed E-state index contributed by atoms with van der Waals surface area (Å²) in [4.78, 5) is 26.4. The van der Waals surface area contributed by atoms with Crippen LogP contribution in [0.1, 0.15) is 43.2 Å². The van der Waals surface area contributed by atoms with Gasteiger partial charge in [0.2, 0.25) is 5.91 Å². The van der Waals surface area contributed by atoms with Crippen molar-refractivity contribution in [2.75, 3.05) is 25.0 Å². The fourth-order valence-corrected chi connectivity index (χ4v) is 3.25. The van der Waals surface area contributed by atoms with Crippen molar-refractivity contribution in [3.05, 3.63) is 52.5 Å². The molecule has 1 amide bonds. The normalized spacial score (nSPS) is 10.9. The second kappa shape index (κ2) is 10.7. The van der Waals surface area contributed by atoms with E-state index in [0.717, 1.165) is 16.8 Å². The molecule has 1 N–H and O–H groups in total. The van der Waals surface area contributed by atoms with Gasteiger partial charge in [-0.25, -0.2) is 4.39 Å². The molecule has 0 unspecified atom stereocenters. The lowest BCUT2D eigenvalue weighted by molar-refractivity contribution is -0.145. The summed E-state index contributed by atoms with van der Waals surface area (Å²) in [6, 6.07) is 8.20. The quantitative estimate of drug-likeness (QED) is 0.619. The average Bonchev–Trinajstić information content (AvgIpc) is 2.93. The van der Waals surface area contributed by atoms with E-state index in [1.54, 1.807) is 24.0 Å². The third-order valence-corrected chi connectivity index (χ3v) is 5.17. The van der Waals surface area contributed by atoms with Crippen molar-refractivity contribution in [2.24, 2.45) is 0 Å². The molecule has 8 heteroatoms. The van der Waals surface area contributed by atoms with Crippen molar-refractivity contribution in [1.82, 2.24) is 9.47 Å². The lowest BCUT2D eigenvalue weighted by atomic mass is 10.2. The molecular weight excluding hydrogens is 399 g/mol. The van der Waals surface area contributed by atoms with Crippen LogP contribution < -0.4 is 5.32 Å². The Morgan fingerprint density at radius 2 is 1.87 bits per heavy atom. The van der Waals surface area contributed by atoms with E-state index in [1.165, 1.54) is 12.1 Å². The van der Waals surface area contributed by atoms with E-state index in [2.05, 4.69) is 11.4 Å². The molecule has 31 heavy (non-hydrogen) atoms. The predicted molar refractivity (Wildman–Crippen MR) is 116 cm³/mol. The largest absolute Gasteiger partial charge is 0.465 e. The molecule has 0 fully saturated rings. The Balaban J connectivity index is 2.27. The van der Waals surface area contributed by atoms with Crippen LogP contribution in [0.15, 0.2) is 24.3 Å². The van der Waals surface area contributed by atoms with Gasteiger partial charge in [0.05, 0.1) is 25.3 Å². The standard InChI is InChI=1S/C23H29FN4O3/c1-6-31-22(30)14-27(15(2)3)13-21(29)26-23-20(11-25)16(4)17(5)28(23)12-18-7-9-19(24)10-8-18/h7-10,15H,6,12-14H2,1-5H3,(H,26,29). The zero-order valence-electron chi connectivity index (χ0n) is 18.7. The first kappa shape index (κ1) is 24.1. The van der Waals surface area contributed by atoms with Gasteiger partial charge in [-0.2, -0.15) is 5.26 Å². The molecule has 2 rings (SSSR count). The summed E-state index contributed by atoms with van der Waals surface area (Å²) >= 11 is 0. The van der Waals surface area contributed by atoms with Crippen molar-refractivity contribution in [1.29, 1.82) is 5.26 Å². The number of anilines is 1. The van der Waals surface area contributed by atoms with Crippen LogP contribution in [0, 0.1) is 31.0 Å². The molecule has 2 aromatic rings. The first-order valence-corrected chi connectivity index (χ1v) is 10.2. The Morgan fingerprint density at radius 3 is 2.42 bits per heavy atom. The van der Waals surface area contributed by atoms with E-state index in [9.17, 15) is 19.2 Å². The predicted octanol–water partition coefficient (Wildman–Crippen LogP) is 3.38. The third-order valence-electron chi connectivity index (χ3n) is 5.17. The molecule has 1 heterocycles. The molecule has 166 valence electrons. The summed E-state index contributed by atoms with van der Waals surface area (Å²) in [5.74, 6) is -0.669. The first-order chi connectivity index (χ1) is 14.7. The monoisotopic (exact) mass is 428 g/mol. The van der Waals surface area contributed by atoms with E-state index in [4.69, 9.17) is 4.74 Å². The van der Waals surface area contributed by atoms with Crippen molar-refractivity contribution >= 4 is 17.7 Å². The number of nitrogens with zero attached hydrogens (tertiary/aromatic N) is 3. The number of halogens is 1. The summed E-state index contributed by atoms with van der Waals surface area (Å²) in [5, 5.41) is 12.5. The third kappa shape index (κ3) is 6.15. The molecule has 0 aliphatic rings. The number of hydrogen-bond acceptors (Lipinski definition) is 5. The number of ether oxygens (including phenoxy) is 1. The van der Waals surface area contributed by atoms with Crippen LogP contribution in [-0.2, 0) is 20.9 Å². The van der Waals surface area contributed by atoms with Crippen LogP contribution in [0.5, 0.6) is 0 Å². The Kier molecular flexibility index (Phi) is 8.34. The highest BCUT2D eigenvalue weighted by atomic mass is 19.1. The molecule has 0 saturated carbocycles. The molecule has 0 spiro atoms. The smallest absolute Gasteiger partial charge is 0.320 e. The Morgan fingerprint density at radius 1 is 1.23 bits per heavy atom. The number of benzene rings is 1. The maximum Gasteiger partial charge on any atom is 0.320 e. The Hall–Kier alpha value is -3.18. The fourth-order valence-electron chi connectivity index (χ4n) is 3.25. The summed E-state index contributed by atoms with van der Waals surface area (Å²) in [5.41, 5.74) is 2.83. The van der Waals surface area contributed by atoms with Crippen LogP contribution in [-0.4, -0.2) is 47.1 Å². The number of amides is 1. The van der Waals surface area contributed by atoms with Crippen LogP contribution in [0.2, 0.25) is 0 Å². The van der Waals surface area contributed by atoms with E-state index < -0.39 is 5.97 Å². The Labute approximate surface area is 182 Å². The van der Waals surface area contributed by atoms with E-state index in [1.807, 2.05) is 32.3 Å². The first-order valence-electron chi connectivity index (χ1n) is 10.2. The minimum atomic E-state index is -0.395. The number of rotatable bonds is 9. The summed E-state index contributed by atoms with van der Waals surface area (Å²) in [6.45, 7) is 9.83. The van der Waals surface area contributed by atoms with Crippen LogP contribution in [0.25, 0.3) is 0 Å². The van der Waals surface area contributed by atoms with Gasteiger partial charge in [0.25, 0.3) is 0 Å². The molecule has 1 aromatic carbocycles. The van der Waals surface area contributed by atoms with Crippen LogP contribution in [0.4, 0.5) is 10.2 Å². The number of hydrogen-bond donors (Lipinski definition) is 1. The van der Waals surface area contributed by atoms with Gasteiger partial charge in [0.1, 0.15) is 17.7 Å². The van der Waals surface area contributed by atoms with Crippen molar-refractivity contribution < 1.29 is 18.7 Å². The zero-order chi connectivity index (χ0) is 23.1. The van der Waals surface area contributed by atoms with Gasteiger partial charge in [0, 0.05) is 18.3 Å². The fraction of sp³-hybridized carbons (Fsp3) is 0.435. The minimum absolute atomic E-state index is 0.00131. The van der Waals surface area contributed by atoms with Crippen LogP contribution >= 0.6 is 0 Å². The molecule has 0 radical (unpaired) electrons. The lowest BCUT2D eigenvalue weighted by Crippen LogP contribution is -2.42. The molecule has 0 aliphatic heterocycles. The van der Waals surface area contributed by atoms with Gasteiger partial charge in [-0.15, -0.1) is 0 Å². The van der Waals surface area contributed by atoms with E-state index >= 15 is 0 Å². The SMILES string of the molecule is CCOC(=O)CN(CC(=O)Nc1c(C#N)c(C)c(C)n1Cc1ccc(F)cc1)C(C)C. The molecule has 0 saturated heterocycles. The van der Waals surface area contributed by atoms with Gasteiger partial charge in [-0.1, -0.05) is 12.1 Å². The topological polar surface area (TPSA) is 87.4 Å². The minimum Gasteiger partial charge on any atom is -0.465 e. The number of aromatic nitrogens is 1. The highest BCUT2D eigenvalue weighted by Gasteiger charge is 2.23. The number of carbonyl (C=O) groups is 2.